The van der Waals surface area contributed by atoms with Crippen molar-refractivity contribution in [1.29, 1.82) is 0 Å². The zero-order valence-electron chi connectivity index (χ0n) is 9.62. The molecule has 0 aliphatic heterocycles. The minimum atomic E-state index is -0.572. The lowest BCUT2D eigenvalue weighted by molar-refractivity contribution is 0.0793. The van der Waals surface area contributed by atoms with Crippen LogP contribution in [0.2, 0.25) is 5.15 Å². The molecule has 0 radical (unpaired) electrons. The minimum Gasteiger partial charge on any atom is -0.342 e. The normalized spacial score (nSPS) is 10.1. The maximum absolute atomic E-state index is 13.0. The first-order valence-electron chi connectivity index (χ1n) is 5.23. The molecule has 0 atom stereocenters. The van der Waals surface area contributed by atoms with Crippen LogP contribution in [0.5, 0.6) is 0 Å². The van der Waals surface area contributed by atoms with Crippen molar-refractivity contribution >= 4 is 17.5 Å². The van der Waals surface area contributed by atoms with Crippen molar-refractivity contribution in [2.45, 2.75) is 12.8 Å². The molecule has 5 heteroatoms. The predicted octanol–water partition coefficient (Wildman–Crippen LogP) is 2.91. The summed E-state index contributed by atoms with van der Waals surface area (Å²) in [5.74, 6) is -0.900. The van der Waals surface area contributed by atoms with Gasteiger partial charge in [-0.1, -0.05) is 17.7 Å². The van der Waals surface area contributed by atoms with E-state index < -0.39 is 5.82 Å². The van der Waals surface area contributed by atoms with Crippen molar-refractivity contribution in [2.75, 3.05) is 13.6 Å². The van der Waals surface area contributed by atoms with Gasteiger partial charge in [0.15, 0.2) is 0 Å². The van der Waals surface area contributed by atoms with Crippen LogP contribution in [-0.2, 0) is 0 Å². The van der Waals surface area contributed by atoms with Crippen molar-refractivity contribution in [1.82, 2.24) is 9.88 Å². The van der Waals surface area contributed by atoms with Crippen LogP contribution in [0, 0.1) is 5.82 Å². The molecule has 0 bridgehead atoms. The standard InChI is InChI=1S/C12H14ClFN2O/c1-3-4-5-6-16(2)12(17)10-7-9(14)8-15-11(10)13/h3,7-8H,1,4-6H2,2H3. The Hall–Kier alpha value is -1.42. The van der Waals surface area contributed by atoms with Crippen LogP contribution >= 0.6 is 11.6 Å². The van der Waals surface area contributed by atoms with E-state index in [-0.39, 0.29) is 16.6 Å². The van der Waals surface area contributed by atoms with Gasteiger partial charge in [-0.3, -0.25) is 4.79 Å². The van der Waals surface area contributed by atoms with Gasteiger partial charge in [0, 0.05) is 13.6 Å². The molecular formula is C12H14ClFN2O. The summed E-state index contributed by atoms with van der Waals surface area (Å²) in [7, 11) is 1.65. The van der Waals surface area contributed by atoms with Gasteiger partial charge in [-0.05, 0) is 18.9 Å². The summed E-state index contributed by atoms with van der Waals surface area (Å²) < 4.78 is 13.0. The summed E-state index contributed by atoms with van der Waals surface area (Å²) in [5, 5.41) is 0.0203. The fourth-order valence-corrected chi connectivity index (χ4v) is 1.54. The molecule has 0 aromatic carbocycles. The van der Waals surface area contributed by atoms with E-state index in [1.54, 1.807) is 13.1 Å². The fraction of sp³-hybridized carbons (Fsp3) is 0.333. The van der Waals surface area contributed by atoms with Gasteiger partial charge in [-0.15, -0.1) is 6.58 Å². The smallest absolute Gasteiger partial charge is 0.256 e. The predicted molar refractivity (Wildman–Crippen MR) is 65.6 cm³/mol. The fourth-order valence-electron chi connectivity index (χ4n) is 1.35. The number of aromatic nitrogens is 1. The second-order valence-electron chi connectivity index (χ2n) is 3.65. The highest BCUT2D eigenvalue weighted by Gasteiger charge is 2.16. The lowest BCUT2D eigenvalue weighted by atomic mass is 10.2. The third kappa shape index (κ3) is 3.82. The monoisotopic (exact) mass is 256 g/mol. The van der Waals surface area contributed by atoms with E-state index in [9.17, 15) is 9.18 Å². The van der Waals surface area contributed by atoms with E-state index in [0.717, 1.165) is 25.1 Å². The number of allylic oxidation sites excluding steroid dienone is 1. The van der Waals surface area contributed by atoms with Crippen molar-refractivity contribution in [3.8, 4) is 0 Å². The van der Waals surface area contributed by atoms with Crippen LogP contribution in [-0.4, -0.2) is 29.4 Å². The Morgan fingerprint density at radius 3 is 3.06 bits per heavy atom. The molecule has 3 nitrogen and oxygen atoms in total. The van der Waals surface area contributed by atoms with Crippen LogP contribution in [0.1, 0.15) is 23.2 Å². The second kappa shape index (κ2) is 6.35. The average molecular weight is 257 g/mol. The quantitative estimate of drug-likeness (QED) is 0.461. The summed E-state index contributed by atoms with van der Waals surface area (Å²) >= 11 is 5.76. The molecule has 1 aromatic rings. The van der Waals surface area contributed by atoms with Crippen LogP contribution in [0.15, 0.2) is 24.9 Å². The Balaban J connectivity index is 2.74. The molecule has 0 aliphatic carbocycles. The van der Waals surface area contributed by atoms with E-state index in [1.807, 2.05) is 0 Å². The number of nitrogens with zero attached hydrogens (tertiary/aromatic N) is 2. The van der Waals surface area contributed by atoms with E-state index in [2.05, 4.69) is 11.6 Å². The van der Waals surface area contributed by atoms with Crippen molar-refractivity contribution in [3.05, 3.63) is 41.5 Å². The zero-order chi connectivity index (χ0) is 12.8. The van der Waals surface area contributed by atoms with Crippen LogP contribution < -0.4 is 0 Å². The van der Waals surface area contributed by atoms with Gasteiger partial charge in [0.25, 0.3) is 5.91 Å². The minimum absolute atomic E-state index is 0.0203. The highest BCUT2D eigenvalue weighted by Crippen LogP contribution is 2.15. The lowest BCUT2D eigenvalue weighted by Gasteiger charge is -2.17. The Kier molecular flexibility index (Phi) is 5.10. The van der Waals surface area contributed by atoms with E-state index in [4.69, 9.17) is 11.6 Å². The zero-order valence-corrected chi connectivity index (χ0v) is 10.4. The van der Waals surface area contributed by atoms with Crippen LogP contribution in [0.4, 0.5) is 4.39 Å². The number of hydrogen-bond donors (Lipinski definition) is 0. The van der Waals surface area contributed by atoms with Crippen molar-refractivity contribution < 1.29 is 9.18 Å². The maximum atomic E-state index is 13.0. The molecule has 1 heterocycles. The van der Waals surface area contributed by atoms with Crippen LogP contribution in [0.3, 0.4) is 0 Å². The molecular weight excluding hydrogens is 243 g/mol. The molecule has 1 amide bonds. The van der Waals surface area contributed by atoms with Gasteiger partial charge < -0.3 is 4.90 Å². The lowest BCUT2D eigenvalue weighted by Crippen LogP contribution is -2.28. The van der Waals surface area contributed by atoms with Gasteiger partial charge in [0.2, 0.25) is 0 Å². The first kappa shape index (κ1) is 13.6. The highest BCUT2D eigenvalue weighted by atomic mass is 35.5. The first-order chi connectivity index (χ1) is 8.06. The van der Waals surface area contributed by atoms with Crippen molar-refractivity contribution in [2.24, 2.45) is 0 Å². The van der Waals surface area contributed by atoms with E-state index >= 15 is 0 Å². The molecule has 0 spiro atoms. The Bertz CT molecular complexity index is 423. The molecule has 0 aliphatic rings. The average Bonchev–Trinajstić information content (AvgIpc) is 2.31. The molecule has 0 N–H and O–H groups in total. The third-order valence-electron chi connectivity index (χ3n) is 2.28. The number of pyridine rings is 1. The molecule has 17 heavy (non-hydrogen) atoms. The second-order valence-corrected chi connectivity index (χ2v) is 4.01. The number of hydrogen-bond acceptors (Lipinski definition) is 2. The number of amides is 1. The van der Waals surface area contributed by atoms with Crippen molar-refractivity contribution in [3.63, 3.8) is 0 Å². The third-order valence-corrected chi connectivity index (χ3v) is 2.59. The Morgan fingerprint density at radius 1 is 1.71 bits per heavy atom. The number of rotatable bonds is 5. The van der Waals surface area contributed by atoms with Gasteiger partial charge in [-0.25, -0.2) is 9.37 Å². The SMILES string of the molecule is C=CCCCN(C)C(=O)c1cc(F)cnc1Cl. The molecule has 0 saturated heterocycles. The summed E-state index contributed by atoms with van der Waals surface area (Å²) in [6.45, 7) is 4.17. The maximum Gasteiger partial charge on any atom is 0.256 e. The van der Waals surface area contributed by atoms with Gasteiger partial charge in [0.05, 0.1) is 11.8 Å². The number of halogens is 2. The highest BCUT2D eigenvalue weighted by molar-refractivity contribution is 6.32. The molecule has 1 rings (SSSR count). The molecule has 0 unspecified atom stereocenters. The molecule has 1 aromatic heterocycles. The summed E-state index contributed by atoms with van der Waals surface area (Å²) in [5.41, 5.74) is 0.0905. The van der Waals surface area contributed by atoms with Gasteiger partial charge in [-0.2, -0.15) is 0 Å². The summed E-state index contributed by atoms with van der Waals surface area (Å²) in [6.07, 6.45) is 4.41. The van der Waals surface area contributed by atoms with Gasteiger partial charge in [0.1, 0.15) is 11.0 Å². The van der Waals surface area contributed by atoms with E-state index in [1.165, 1.54) is 4.90 Å². The molecule has 0 fully saturated rings. The first-order valence-corrected chi connectivity index (χ1v) is 5.61. The van der Waals surface area contributed by atoms with Gasteiger partial charge >= 0.3 is 0 Å². The molecule has 92 valence electrons. The largest absolute Gasteiger partial charge is 0.342 e. The number of carbonyl (C=O) groups excluding carboxylic acids is 1. The summed E-state index contributed by atoms with van der Waals surface area (Å²) in [6, 6.07) is 1.10. The van der Waals surface area contributed by atoms with E-state index in [0.29, 0.717) is 6.54 Å². The Morgan fingerprint density at radius 2 is 2.41 bits per heavy atom. The number of carbonyl (C=O) groups is 1. The number of unbranched alkanes of at least 4 members (excludes halogenated alkanes) is 1. The van der Waals surface area contributed by atoms with Crippen LogP contribution in [0.25, 0.3) is 0 Å². The summed E-state index contributed by atoms with van der Waals surface area (Å²) in [4.78, 5) is 17.0. The topological polar surface area (TPSA) is 33.2 Å². The Labute approximate surface area is 105 Å². The molecule has 0 saturated carbocycles.